The van der Waals surface area contributed by atoms with E-state index in [0.29, 0.717) is 25.6 Å². The van der Waals surface area contributed by atoms with E-state index in [2.05, 4.69) is 5.32 Å². The number of anilines is 2. The number of nitrogen functional groups attached to an aromatic ring is 1. The molecule has 1 aromatic carbocycles. The summed E-state index contributed by atoms with van der Waals surface area (Å²) in [5, 5.41) is 3.10. The maximum Gasteiger partial charge on any atom is 0.265 e. The molecule has 1 heterocycles. The first-order chi connectivity index (χ1) is 8.06. The van der Waals surface area contributed by atoms with Crippen LogP contribution >= 0.6 is 34.5 Å². The van der Waals surface area contributed by atoms with Crippen LogP contribution in [0.4, 0.5) is 11.4 Å². The molecule has 0 aliphatic heterocycles. The second-order valence-corrected chi connectivity index (χ2v) is 5.42. The van der Waals surface area contributed by atoms with Crippen molar-refractivity contribution in [3.63, 3.8) is 0 Å². The Bertz CT molecular complexity index is 568. The van der Waals surface area contributed by atoms with Gasteiger partial charge in [0.15, 0.2) is 0 Å². The zero-order valence-corrected chi connectivity index (χ0v) is 10.9. The molecule has 0 unspecified atom stereocenters. The summed E-state index contributed by atoms with van der Waals surface area (Å²) >= 11 is 12.9. The van der Waals surface area contributed by atoms with Gasteiger partial charge in [-0.15, -0.1) is 11.3 Å². The van der Waals surface area contributed by atoms with Crippen LogP contribution in [0.1, 0.15) is 9.67 Å². The van der Waals surface area contributed by atoms with Crippen molar-refractivity contribution in [2.45, 2.75) is 0 Å². The molecule has 88 valence electrons. The van der Waals surface area contributed by atoms with E-state index in [4.69, 9.17) is 28.9 Å². The predicted molar refractivity (Wildman–Crippen MR) is 73.1 cm³/mol. The average Bonchev–Trinajstić information content (AvgIpc) is 2.69. The minimum Gasteiger partial charge on any atom is -0.399 e. The third-order valence-electron chi connectivity index (χ3n) is 2.04. The molecule has 0 aliphatic rings. The maximum atomic E-state index is 11.8. The molecule has 0 atom stereocenters. The Morgan fingerprint density at radius 3 is 2.59 bits per heavy atom. The van der Waals surface area contributed by atoms with Crippen molar-refractivity contribution in [1.29, 1.82) is 0 Å². The molecular formula is C11H8Cl2N2OS. The highest BCUT2D eigenvalue weighted by Gasteiger charge is 2.10. The lowest BCUT2D eigenvalue weighted by atomic mass is 10.3. The Hall–Kier alpha value is -1.23. The fourth-order valence-corrected chi connectivity index (χ4v) is 2.43. The van der Waals surface area contributed by atoms with Gasteiger partial charge in [0.1, 0.15) is 0 Å². The molecule has 1 aromatic heterocycles. The van der Waals surface area contributed by atoms with Crippen molar-refractivity contribution in [3.8, 4) is 0 Å². The van der Waals surface area contributed by atoms with Crippen LogP contribution in [-0.2, 0) is 0 Å². The van der Waals surface area contributed by atoms with Crippen molar-refractivity contribution >= 4 is 51.8 Å². The van der Waals surface area contributed by atoms with Crippen molar-refractivity contribution in [3.05, 3.63) is 44.6 Å². The van der Waals surface area contributed by atoms with Crippen LogP contribution in [-0.4, -0.2) is 5.91 Å². The molecule has 0 saturated carbocycles. The van der Waals surface area contributed by atoms with Gasteiger partial charge >= 0.3 is 0 Å². The summed E-state index contributed by atoms with van der Waals surface area (Å²) in [5.41, 5.74) is 6.63. The number of benzene rings is 1. The Kier molecular flexibility index (Phi) is 3.57. The third-order valence-corrected chi connectivity index (χ3v) is 3.58. The molecule has 1 amide bonds. The van der Waals surface area contributed by atoms with E-state index in [1.807, 2.05) is 0 Å². The summed E-state index contributed by atoms with van der Waals surface area (Å²) in [5.74, 6) is -0.242. The average molecular weight is 287 g/mol. The summed E-state index contributed by atoms with van der Waals surface area (Å²) in [6.45, 7) is 0. The lowest BCUT2D eigenvalue weighted by Crippen LogP contribution is -2.10. The van der Waals surface area contributed by atoms with E-state index in [1.54, 1.807) is 30.3 Å². The molecular weight excluding hydrogens is 279 g/mol. The lowest BCUT2D eigenvalue weighted by Gasteiger charge is -2.06. The number of halogens is 2. The van der Waals surface area contributed by atoms with E-state index in [-0.39, 0.29) is 5.91 Å². The Labute approximate surface area is 112 Å². The van der Waals surface area contributed by atoms with Gasteiger partial charge in [0.05, 0.1) is 19.9 Å². The number of nitrogens with one attached hydrogen (secondary N) is 1. The van der Waals surface area contributed by atoms with Gasteiger partial charge in [-0.05, 0) is 30.3 Å². The first kappa shape index (κ1) is 12.2. The molecule has 2 rings (SSSR count). The number of hydrogen-bond acceptors (Lipinski definition) is 3. The number of hydrogen-bond donors (Lipinski definition) is 2. The highest BCUT2D eigenvalue weighted by molar-refractivity contribution is 7.18. The molecule has 6 heteroatoms. The minimum atomic E-state index is -0.242. The van der Waals surface area contributed by atoms with E-state index in [0.717, 1.165) is 0 Å². The van der Waals surface area contributed by atoms with Crippen LogP contribution in [0.3, 0.4) is 0 Å². The van der Waals surface area contributed by atoms with E-state index in [9.17, 15) is 4.79 Å². The molecule has 0 spiro atoms. The number of thiophene rings is 1. The maximum absolute atomic E-state index is 11.8. The van der Waals surface area contributed by atoms with Gasteiger partial charge in [-0.2, -0.15) is 0 Å². The highest BCUT2D eigenvalue weighted by Crippen LogP contribution is 2.26. The number of nitrogens with two attached hydrogens (primary N) is 1. The van der Waals surface area contributed by atoms with Gasteiger partial charge in [-0.25, -0.2) is 0 Å². The number of amides is 1. The van der Waals surface area contributed by atoms with Crippen LogP contribution in [0.25, 0.3) is 0 Å². The lowest BCUT2D eigenvalue weighted by molar-refractivity contribution is 0.103. The van der Waals surface area contributed by atoms with Gasteiger partial charge in [-0.1, -0.05) is 23.2 Å². The van der Waals surface area contributed by atoms with Gasteiger partial charge < -0.3 is 11.1 Å². The second kappa shape index (κ2) is 4.96. The van der Waals surface area contributed by atoms with Crippen molar-refractivity contribution in [2.75, 3.05) is 11.1 Å². The third kappa shape index (κ3) is 2.91. The van der Waals surface area contributed by atoms with Gasteiger partial charge in [0.25, 0.3) is 5.91 Å². The van der Waals surface area contributed by atoms with Crippen LogP contribution in [0.2, 0.25) is 9.36 Å². The largest absolute Gasteiger partial charge is 0.399 e. The fourth-order valence-electron chi connectivity index (χ4n) is 1.25. The number of rotatable bonds is 2. The first-order valence-corrected chi connectivity index (χ1v) is 6.25. The summed E-state index contributed by atoms with van der Waals surface area (Å²) in [6, 6.07) is 8.24. The molecule has 0 radical (unpaired) electrons. The van der Waals surface area contributed by atoms with Gasteiger partial charge in [0, 0.05) is 5.69 Å². The summed E-state index contributed by atoms with van der Waals surface area (Å²) in [6.07, 6.45) is 0. The molecule has 2 aromatic rings. The molecule has 0 saturated heterocycles. The Morgan fingerprint density at radius 1 is 1.24 bits per heavy atom. The Morgan fingerprint density at radius 2 is 2.00 bits per heavy atom. The number of carbonyl (C=O) groups excluding carboxylic acids is 1. The molecule has 17 heavy (non-hydrogen) atoms. The fraction of sp³-hybridized carbons (Fsp3) is 0. The molecule has 3 nitrogen and oxygen atoms in total. The predicted octanol–water partition coefficient (Wildman–Crippen LogP) is 3.89. The van der Waals surface area contributed by atoms with E-state index in [1.165, 1.54) is 11.3 Å². The van der Waals surface area contributed by atoms with Gasteiger partial charge in [-0.3, -0.25) is 4.79 Å². The van der Waals surface area contributed by atoms with Crippen LogP contribution in [0.5, 0.6) is 0 Å². The second-order valence-electron chi connectivity index (χ2n) is 3.30. The molecule has 0 fully saturated rings. The first-order valence-electron chi connectivity index (χ1n) is 4.68. The molecule has 0 aliphatic carbocycles. The monoisotopic (exact) mass is 286 g/mol. The van der Waals surface area contributed by atoms with Crippen molar-refractivity contribution in [2.24, 2.45) is 0 Å². The summed E-state index contributed by atoms with van der Waals surface area (Å²) < 4.78 is 0.568. The normalized spacial score (nSPS) is 10.2. The molecule has 0 bridgehead atoms. The smallest absolute Gasteiger partial charge is 0.265 e. The SMILES string of the molecule is Nc1ccc(NC(=O)c2ccc(Cl)s2)c(Cl)c1. The zero-order valence-electron chi connectivity index (χ0n) is 8.54. The van der Waals surface area contributed by atoms with Gasteiger partial charge in [0.2, 0.25) is 0 Å². The summed E-state index contributed by atoms with van der Waals surface area (Å²) in [4.78, 5) is 12.3. The Balaban J connectivity index is 2.18. The number of carbonyl (C=O) groups is 1. The van der Waals surface area contributed by atoms with Crippen molar-refractivity contribution in [1.82, 2.24) is 0 Å². The topological polar surface area (TPSA) is 55.1 Å². The highest BCUT2D eigenvalue weighted by atomic mass is 35.5. The quantitative estimate of drug-likeness (QED) is 0.823. The molecule has 3 N–H and O–H groups in total. The van der Waals surface area contributed by atoms with Crippen molar-refractivity contribution < 1.29 is 4.79 Å². The van der Waals surface area contributed by atoms with E-state index >= 15 is 0 Å². The van der Waals surface area contributed by atoms with Crippen LogP contribution < -0.4 is 11.1 Å². The van der Waals surface area contributed by atoms with Crippen LogP contribution in [0, 0.1) is 0 Å². The zero-order chi connectivity index (χ0) is 12.4. The summed E-state index contributed by atoms with van der Waals surface area (Å²) in [7, 11) is 0. The van der Waals surface area contributed by atoms with Crippen LogP contribution in [0.15, 0.2) is 30.3 Å². The minimum absolute atomic E-state index is 0.242. The standard InChI is InChI=1S/C11H8Cl2N2OS/c12-7-5-6(14)1-2-8(7)15-11(16)9-3-4-10(13)17-9/h1-5H,14H2,(H,15,16). The van der Waals surface area contributed by atoms with E-state index < -0.39 is 0 Å².